The lowest BCUT2D eigenvalue weighted by Gasteiger charge is -2.19. The van der Waals surface area contributed by atoms with E-state index in [1.165, 1.54) is 0 Å². The Bertz CT molecular complexity index is 1180. The van der Waals surface area contributed by atoms with Gasteiger partial charge in [0.2, 0.25) is 5.91 Å². The number of hydrogen-bond acceptors (Lipinski definition) is 6. The maximum Gasteiger partial charge on any atom is 0.340 e. The van der Waals surface area contributed by atoms with Crippen molar-refractivity contribution in [3.8, 4) is 0 Å². The van der Waals surface area contributed by atoms with Crippen LogP contribution in [0.4, 0.5) is 0 Å². The lowest BCUT2D eigenvalue weighted by molar-refractivity contribution is -0.308. The number of nitrogens with one attached hydrogen (secondary N) is 1. The molecule has 0 aliphatic heterocycles. The van der Waals surface area contributed by atoms with Crippen LogP contribution in [0.25, 0.3) is 21.9 Å². The highest BCUT2D eigenvalue weighted by Gasteiger charge is 2.22. The molecule has 0 fully saturated rings. The van der Waals surface area contributed by atoms with Gasteiger partial charge in [-0.3, -0.25) is 4.79 Å². The van der Waals surface area contributed by atoms with E-state index in [0.29, 0.717) is 28.5 Å². The summed E-state index contributed by atoms with van der Waals surface area (Å²) in [7, 11) is 0. The number of benzene rings is 1. The van der Waals surface area contributed by atoms with Crippen molar-refractivity contribution >= 4 is 33.8 Å². The normalized spacial score (nSPS) is 13.0. The van der Waals surface area contributed by atoms with Gasteiger partial charge in [0.05, 0.1) is 30.3 Å². The lowest BCUT2D eigenvalue weighted by atomic mass is 9.86. The summed E-state index contributed by atoms with van der Waals surface area (Å²) in [5.41, 5.74) is 2.09. The van der Waals surface area contributed by atoms with Crippen molar-refractivity contribution in [2.24, 2.45) is 0 Å². The van der Waals surface area contributed by atoms with Crippen molar-refractivity contribution in [1.29, 1.82) is 0 Å². The number of fused-ring (bicyclic) bond motifs is 2. The molecule has 0 aliphatic carbocycles. The van der Waals surface area contributed by atoms with Gasteiger partial charge in [-0.05, 0) is 30.4 Å². The van der Waals surface area contributed by atoms with Crippen LogP contribution in [0.2, 0.25) is 0 Å². The average molecular weight is 412 g/mol. The summed E-state index contributed by atoms with van der Waals surface area (Å²) < 4.78 is 11.1. The molecule has 7 nitrogen and oxygen atoms in total. The van der Waals surface area contributed by atoms with Crippen LogP contribution in [0.5, 0.6) is 0 Å². The molecule has 2 heterocycles. The van der Waals surface area contributed by atoms with Crippen LogP contribution >= 0.6 is 0 Å². The fraction of sp³-hybridized carbons (Fsp3) is 0.435. The molecule has 0 saturated heterocycles. The zero-order valence-electron chi connectivity index (χ0n) is 17.9. The Balaban J connectivity index is 2.03. The molecule has 0 spiro atoms. The average Bonchev–Trinajstić information content (AvgIpc) is 3.06. The third-order valence-corrected chi connectivity index (χ3v) is 5.32. The Hall–Kier alpha value is -3.09. The Morgan fingerprint density at radius 3 is 2.47 bits per heavy atom. The van der Waals surface area contributed by atoms with Gasteiger partial charge in [0, 0.05) is 22.4 Å². The molecule has 160 valence electrons. The van der Waals surface area contributed by atoms with Crippen molar-refractivity contribution in [1.82, 2.24) is 5.32 Å². The van der Waals surface area contributed by atoms with E-state index < -0.39 is 23.5 Å². The summed E-state index contributed by atoms with van der Waals surface area (Å²) in [5.74, 6) is -1.91. The number of carboxylic acid groups (broad SMARTS) is 1. The molecular weight excluding hydrogens is 386 g/mol. The second-order valence-corrected chi connectivity index (χ2v) is 8.64. The van der Waals surface area contributed by atoms with Crippen LogP contribution in [0.3, 0.4) is 0 Å². The van der Waals surface area contributed by atoms with Crippen LogP contribution in [-0.2, 0) is 21.4 Å². The zero-order valence-corrected chi connectivity index (χ0v) is 17.9. The first-order valence-electron chi connectivity index (χ1n) is 10.0. The fourth-order valence-electron chi connectivity index (χ4n) is 3.64. The molecule has 7 heteroatoms. The first-order valence-corrected chi connectivity index (χ1v) is 10.0. The van der Waals surface area contributed by atoms with E-state index in [-0.39, 0.29) is 23.8 Å². The standard InChI is InChI=1S/C23H27NO6/c1-6-7-17(21(26)27)24-20(25)9-14-12(2)13-8-15-16(23(3,4)5)11-29-18(15)10-19(13)30-22(14)28/h8,10-11,17H,6-7,9H2,1-5H3,(H,24,25)(H,26,27)/p-1/t17-/m1/s1. The molecule has 0 unspecified atom stereocenters. The molecule has 30 heavy (non-hydrogen) atoms. The van der Waals surface area contributed by atoms with Crippen molar-refractivity contribution in [2.45, 2.75) is 65.3 Å². The number of carboxylic acids is 1. The number of aliphatic carboxylic acids is 1. The maximum atomic E-state index is 12.5. The van der Waals surface area contributed by atoms with Gasteiger partial charge in [-0.2, -0.15) is 0 Å². The van der Waals surface area contributed by atoms with E-state index in [0.717, 1.165) is 10.9 Å². The largest absolute Gasteiger partial charge is 0.548 e. The minimum Gasteiger partial charge on any atom is -0.548 e. The Morgan fingerprint density at radius 2 is 1.87 bits per heavy atom. The smallest absolute Gasteiger partial charge is 0.340 e. The number of carbonyl (C=O) groups is 2. The van der Waals surface area contributed by atoms with E-state index in [1.807, 2.05) is 13.0 Å². The highest BCUT2D eigenvalue weighted by Crippen LogP contribution is 2.35. The summed E-state index contributed by atoms with van der Waals surface area (Å²) in [6.45, 7) is 9.82. The van der Waals surface area contributed by atoms with Gasteiger partial charge >= 0.3 is 5.63 Å². The van der Waals surface area contributed by atoms with Gasteiger partial charge in [-0.1, -0.05) is 34.1 Å². The molecule has 0 aliphatic rings. The van der Waals surface area contributed by atoms with Crippen LogP contribution in [0.1, 0.15) is 57.2 Å². The Labute approximate surface area is 174 Å². The van der Waals surface area contributed by atoms with E-state index in [2.05, 4.69) is 26.1 Å². The lowest BCUT2D eigenvalue weighted by Crippen LogP contribution is -2.48. The zero-order chi connectivity index (χ0) is 22.2. The number of aryl methyl sites for hydroxylation is 1. The molecule has 1 N–H and O–H groups in total. The van der Waals surface area contributed by atoms with Crippen LogP contribution in [0.15, 0.2) is 32.0 Å². The molecule has 0 bridgehead atoms. The molecule has 3 rings (SSSR count). The minimum absolute atomic E-state index is 0.135. The Morgan fingerprint density at radius 1 is 1.17 bits per heavy atom. The summed E-state index contributed by atoms with van der Waals surface area (Å²) >= 11 is 0. The number of furan rings is 1. The highest BCUT2D eigenvalue weighted by molar-refractivity contribution is 5.97. The molecule has 2 aromatic heterocycles. The molecule has 1 aromatic carbocycles. The van der Waals surface area contributed by atoms with Gasteiger partial charge in [0.15, 0.2) is 0 Å². The van der Waals surface area contributed by atoms with Crippen LogP contribution in [0, 0.1) is 6.92 Å². The van der Waals surface area contributed by atoms with Crippen LogP contribution < -0.4 is 16.0 Å². The van der Waals surface area contributed by atoms with Gasteiger partial charge in [0.25, 0.3) is 0 Å². The predicted octanol–water partition coefficient (Wildman–Crippen LogP) is 2.72. The molecule has 1 atom stereocenters. The number of rotatable bonds is 6. The number of hydrogen-bond donors (Lipinski definition) is 1. The second-order valence-electron chi connectivity index (χ2n) is 8.64. The molecule has 0 radical (unpaired) electrons. The minimum atomic E-state index is -1.34. The van der Waals surface area contributed by atoms with Crippen LogP contribution in [-0.4, -0.2) is 17.9 Å². The monoisotopic (exact) mass is 412 g/mol. The SMILES string of the molecule is CCC[C@@H](NC(=O)Cc1c(C)c2cc3c(C(C)(C)C)coc3cc2oc1=O)C(=O)[O-]. The second kappa shape index (κ2) is 7.97. The molecule has 3 aromatic rings. The first kappa shape index (κ1) is 21.6. The predicted molar refractivity (Wildman–Crippen MR) is 111 cm³/mol. The highest BCUT2D eigenvalue weighted by atomic mass is 16.4. The van der Waals surface area contributed by atoms with Crippen molar-refractivity contribution < 1.29 is 23.5 Å². The maximum absolute atomic E-state index is 12.5. The van der Waals surface area contributed by atoms with E-state index >= 15 is 0 Å². The van der Waals surface area contributed by atoms with Crippen molar-refractivity contribution in [2.75, 3.05) is 0 Å². The van der Waals surface area contributed by atoms with E-state index in [1.54, 1.807) is 19.3 Å². The van der Waals surface area contributed by atoms with Gasteiger partial charge in [-0.25, -0.2) is 4.79 Å². The third-order valence-electron chi connectivity index (χ3n) is 5.32. The molecule has 1 amide bonds. The van der Waals surface area contributed by atoms with E-state index in [4.69, 9.17) is 8.83 Å². The summed E-state index contributed by atoms with van der Waals surface area (Å²) in [6, 6.07) is 2.51. The van der Waals surface area contributed by atoms with E-state index in [9.17, 15) is 19.5 Å². The first-order chi connectivity index (χ1) is 14.0. The summed E-state index contributed by atoms with van der Waals surface area (Å²) in [6.07, 6.45) is 2.27. The molecular formula is C23H26NO6-. The number of carbonyl (C=O) groups excluding carboxylic acids is 2. The van der Waals surface area contributed by atoms with Gasteiger partial charge in [0.1, 0.15) is 11.2 Å². The third kappa shape index (κ3) is 4.10. The topological polar surface area (TPSA) is 113 Å². The summed E-state index contributed by atoms with van der Waals surface area (Å²) in [5, 5.41) is 15.2. The van der Waals surface area contributed by atoms with Crippen molar-refractivity contribution in [3.63, 3.8) is 0 Å². The quantitative estimate of drug-likeness (QED) is 0.623. The Kier molecular flexibility index (Phi) is 5.74. The van der Waals surface area contributed by atoms with Crippen molar-refractivity contribution in [3.05, 3.63) is 45.5 Å². The van der Waals surface area contributed by atoms with Gasteiger partial charge < -0.3 is 24.1 Å². The number of amides is 1. The fourth-order valence-corrected chi connectivity index (χ4v) is 3.64. The summed E-state index contributed by atoms with van der Waals surface area (Å²) in [4.78, 5) is 36.1. The molecule has 0 saturated carbocycles. The van der Waals surface area contributed by atoms with Gasteiger partial charge in [-0.15, -0.1) is 0 Å².